The third-order valence-corrected chi connectivity index (χ3v) is 8.98. The number of aliphatic carboxylic acids is 1. The number of carbonyl (C=O) groups excluding carboxylic acids is 2. The van der Waals surface area contributed by atoms with Gasteiger partial charge in [-0.25, -0.2) is 4.79 Å². The van der Waals surface area contributed by atoms with Crippen molar-refractivity contribution in [3.63, 3.8) is 0 Å². The van der Waals surface area contributed by atoms with Crippen LogP contribution < -0.4 is 0 Å². The molecule has 0 spiro atoms. The molecule has 8 nitrogen and oxygen atoms in total. The summed E-state index contributed by atoms with van der Waals surface area (Å²) in [6.07, 6.45) is 40.1. The fraction of sp³-hybridized carbons (Fsp3) is 0.750. The molecule has 0 saturated carbocycles. The van der Waals surface area contributed by atoms with Crippen LogP contribution >= 0.6 is 0 Å². The van der Waals surface area contributed by atoms with Crippen LogP contribution in [0, 0.1) is 0 Å². The summed E-state index contributed by atoms with van der Waals surface area (Å²) < 4.78 is 17.2. The topological polar surface area (TPSA) is 99.1 Å². The predicted molar refractivity (Wildman–Crippen MR) is 215 cm³/mol. The van der Waals surface area contributed by atoms with Crippen LogP contribution in [0.3, 0.4) is 0 Å². The lowest BCUT2D eigenvalue weighted by Crippen LogP contribution is -2.50. The van der Waals surface area contributed by atoms with Gasteiger partial charge in [-0.15, -0.1) is 0 Å². The molecule has 2 unspecified atom stereocenters. The Hall–Kier alpha value is -2.71. The molecular formula is C44H78NO7+. The molecule has 0 aromatic heterocycles. The van der Waals surface area contributed by atoms with Crippen LogP contribution in [0.25, 0.3) is 0 Å². The number of carbonyl (C=O) groups is 3. The summed E-state index contributed by atoms with van der Waals surface area (Å²) in [5.41, 5.74) is 0. The highest BCUT2D eigenvalue weighted by Gasteiger charge is 2.31. The Morgan fingerprint density at radius 2 is 1.04 bits per heavy atom. The van der Waals surface area contributed by atoms with Gasteiger partial charge in [-0.3, -0.25) is 9.59 Å². The van der Waals surface area contributed by atoms with E-state index in [0.717, 1.165) is 44.9 Å². The van der Waals surface area contributed by atoms with Gasteiger partial charge in [0, 0.05) is 19.3 Å². The van der Waals surface area contributed by atoms with Gasteiger partial charge in [-0.2, -0.15) is 0 Å². The summed E-state index contributed by atoms with van der Waals surface area (Å²) in [7, 11) is 5.50. The highest BCUT2D eigenvalue weighted by atomic mass is 16.6. The van der Waals surface area contributed by atoms with E-state index in [0.29, 0.717) is 19.3 Å². The Bertz CT molecular complexity index is 995. The molecule has 0 aromatic carbocycles. The number of hydrogen-bond acceptors (Lipinski definition) is 6. The number of esters is 2. The van der Waals surface area contributed by atoms with Gasteiger partial charge in [-0.05, 0) is 51.4 Å². The van der Waals surface area contributed by atoms with E-state index in [9.17, 15) is 19.5 Å². The molecule has 0 fully saturated rings. The standard InChI is InChI=1S/C44H77NO7/c1-6-8-10-12-14-16-18-19-20-21-22-23-25-27-29-31-33-35-43(47)52-40(38-50-37-36-41(44(48)49)45(3,4)5)39-51-42(46)34-32-30-28-26-24-17-15-13-11-9-7-2/h14,16,19-20,22-23,27,29,40-41H,6-13,15,17-18,21,24-26,28,30-39H2,1-5H3/p+1/b16-14+,20-19+,23-22+,29-27+. The van der Waals surface area contributed by atoms with Crippen molar-refractivity contribution in [2.45, 2.75) is 174 Å². The van der Waals surface area contributed by atoms with Crippen LogP contribution in [0.5, 0.6) is 0 Å². The molecule has 0 bridgehead atoms. The first-order valence-electron chi connectivity index (χ1n) is 20.7. The fourth-order valence-electron chi connectivity index (χ4n) is 5.73. The number of quaternary nitrogens is 1. The van der Waals surface area contributed by atoms with E-state index in [-0.39, 0.29) is 42.7 Å². The van der Waals surface area contributed by atoms with Gasteiger partial charge in [0.15, 0.2) is 12.1 Å². The van der Waals surface area contributed by atoms with Crippen LogP contribution in [0.15, 0.2) is 48.6 Å². The molecule has 8 heteroatoms. The highest BCUT2D eigenvalue weighted by molar-refractivity contribution is 5.72. The van der Waals surface area contributed by atoms with Crippen LogP contribution in [0.1, 0.15) is 162 Å². The Balaban J connectivity index is 4.49. The molecule has 0 aliphatic rings. The Labute approximate surface area is 318 Å². The maximum atomic E-state index is 12.7. The first kappa shape index (κ1) is 49.3. The quantitative estimate of drug-likeness (QED) is 0.0296. The molecule has 2 atom stereocenters. The Kier molecular flexibility index (Phi) is 33.5. The second-order valence-electron chi connectivity index (χ2n) is 14.9. The monoisotopic (exact) mass is 733 g/mol. The van der Waals surface area contributed by atoms with Crippen molar-refractivity contribution in [3.8, 4) is 0 Å². The minimum atomic E-state index is -0.885. The molecule has 1 N–H and O–H groups in total. The van der Waals surface area contributed by atoms with Gasteiger partial charge >= 0.3 is 17.9 Å². The maximum absolute atomic E-state index is 12.7. The van der Waals surface area contributed by atoms with Crippen molar-refractivity contribution >= 4 is 17.9 Å². The van der Waals surface area contributed by atoms with Gasteiger partial charge in [0.25, 0.3) is 0 Å². The summed E-state index contributed by atoms with van der Waals surface area (Å²) in [4.78, 5) is 36.8. The van der Waals surface area contributed by atoms with Crippen molar-refractivity contribution in [1.82, 2.24) is 0 Å². The molecule has 0 radical (unpaired) electrons. The zero-order valence-corrected chi connectivity index (χ0v) is 34.0. The average molecular weight is 733 g/mol. The second kappa shape index (κ2) is 35.3. The summed E-state index contributed by atoms with van der Waals surface area (Å²) >= 11 is 0. The minimum absolute atomic E-state index is 0.0398. The number of carboxylic acid groups (broad SMARTS) is 1. The summed E-state index contributed by atoms with van der Waals surface area (Å²) in [6, 6.07) is -0.623. The lowest BCUT2D eigenvalue weighted by atomic mass is 10.1. The summed E-state index contributed by atoms with van der Waals surface area (Å²) in [6.45, 7) is 4.63. The number of hydrogen-bond donors (Lipinski definition) is 1. The normalized spacial score (nSPS) is 13.5. The third kappa shape index (κ3) is 33.1. The Morgan fingerprint density at radius 3 is 1.56 bits per heavy atom. The van der Waals surface area contributed by atoms with E-state index in [4.69, 9.17) is 14.2 Å². The SMILES string of the molecule is CCCCC/C=C/C/C=C/C/C=C/C/C=C/CCCC(=O)OC(COCCC(C(=O)O)[N+](C)(C)C)COC(=O)CCCCCCCCCCCCC. The largest absolute Gasteiger partial charge is 0.477 e. The van der Waals surface area contributed by atoms with Crippen LogP contribution in [0.4, 0.5) is 0 Å². The van der Waals surface area contributed by atoms with Gasteiger partial charge < -0.3 is 23.8 Å². The molecule has 0 rings (SSSR count). The van der Waals surface area contributed by atoms with Gasteiger partial charge in [-0.1, -0.05) is 140 Å². The second-order valence-corrected chi connectivity index (χ2v) is 14.9. The number of rotatable bonds is 36. The average Bonchev–Trinajstić information content (AvgIpc) is 3.09. The fourth-order valence-corrected chi connectivity index (χ4v) is 5.73. The molecule has 0 heterocycles. The van der Waals surface area contributed by atoms with Crippen molar-refractivity contribution in [3.05, 3.63) is 48.6 Å². The first-order chi connectivity index (χ1) is 25.1. The highest BCUT2D eigenvalue weighted by Crippen LogP contribution is 2.13. The van der Waals surface area contributed by atoms with Crippen LogP contribution in [0.2, 0.25) is 0 Å². The molecule has 0 saturated heterocycles. The number of unbranched alkanes of at least 4 members (excludes halogenated alkanes) is 14. The van der Waals surface area contributed by atoms with E-state index >= 15 is 0 Å². The van der Waals surface area contributed by atoms with Gasteiger partial charge in [0.1, 0.15) is 6.61 Å². The molecule has 52 heavy (non-hydrogen) atoms. The van der Waals surface area contributed by atoms with E-state index in [1.54, 1.807) is 0 Å². The Morgan fingerprint density at radius 1 is 0.577 bits per heavy atom. The minimum Gasteiger partial charge on any atom is -0.477 e. The van der Waals surface area contributed by atoms with Crippen molar-refractivity contribution < 1.29 is 38.2 Å². The van der Waals surface area contributed by atoms with E-state index in [1.807, 2.05) is 21.1 Å². The number of allylic oxidation sites excluding steroid dienone is 8. The number of carboxylic acids is 1. The van der Waals surface area contributed by atoms with Crippen LogP contribution in [-0.2, 0) is 28.6 Å². The number of likely N-dealkylation sites (N-methyl/N-ethyl adjacent to an activating group) is 1. The molecule has 0 aliphatic heterocycles. The predicted octanol–water partition coefficient (Wildman–Crippen LogP) is 10.9. The van der Waals surface area contributed by atoms with E-state index < -0.39 is 18.1 Å². The van der Waals surface area contributed by atoms with Crippen LogP contribution in [-0.4, -0.2) is 80.6 Å². The zero-order valence-electron chi connectivity index (χ0n) is 34.0. The maximum Gasteiger partial charge on any atom is 0.362 e. The first-order valence-corrected chi connectivity index (χ1v) is 20.7. The smallest absolute Gasteiger partial charge is 0.362 e. The lowest BCUT2D eigenvalue weighted by Gasteiger charge is -2.31. The summed E-state index contributed by atoms with van der Waals surface area (Å²) in [5, 5.41) is 9.59. The third-order valence-electron chi connectivity index (χ3n) is 8.98. The summed E-state index contributed by atoms with van der Waals surface area (Å²) in [5.74, 6) is -1.54. The van der Waals surface area contributed by atoms with Crippen molar-refractivity contribution in [2.24, 2.45) is 0 Å². The van der Waals surface area contributed by atoms with Crippen molar-refractivity contribution in [1.29, 1.82) is 0 Å². The zero-order chi connectivity index (χ0) is 38.5. The molecule has 0 aromatic rings. The lowest BCUT2D eigenvalue weighted by molar-refractivity contribution is -0.887. The van der Waals surface area contributed by atoms with E-state index in [2.05, 4.69) is 62.5 Å². The molecule has 300 valence electrons. The van der Waals surface area contributed by atoms with Gasteiger partial charge in [0.05, 0.1) is 34.4 Å². The van der Waals surface area contributed by atoms with E-state index in [1.165, 1.54) is 77.0 Å². The molecule has 0 aliphatic carbocycles. The molecular weight excluding hydrogens is 654 g/mol. The number of nitrogens with zero attached hydrogens (tertiary/aromatic N) is 1. The van der Waals surface area contributed by atoms with Gasteiger partial charge in [0.2, 0.25) is 0 Å². The van der Waals surface area contributed by atoms with Crippen molar-refractivity contribution in [2.75, 3.05) is 41.0 Å². The molecule has 0 amide bonds. The number of ether oxygens (including phenoxy) is 3.